The molecule has 3 heteroatoms. The molecular formula is C15H30N2S. The second-order valence-corrected chi connectivity index (χ2v) is 7.02. The average molecular weight is 270 g/mol. The molecule has 106 valence electrons. The molecule has 0 spiro atoms. The Morgan fingerprint density at radius 3 is 2.78 bits per heavy atom. The van der Waals surface area contributed by atoms with Gasteiger partial charge in [-0.1, -0.05) is 13.3 Å². The molecule has 18 heavy (non-hydrogen) atoms. The van der Waals surface area contributed by atoms with Crippen molar-refractivity contribution in [1.29, 1.82) is 0 Å². The minimum atomic E-state index is 0.782. The quantitative estimate of drug-likeness (QED) is 0.826. The molecule has 1 saturated heterocycles. The highest BCUT2D eigenvalue weighted by Gasteiger charge is 2.28. The summed E-state index contributed by atoms with van der Waals surface area (Å²) in [6.07, 6.45) is 12.0. The Labute approximate surface area is 117 Å². The molecule has 0 radical (unpaired) electrons. The highest BCUT2D eigenvalue weighted by atomic mass is 32.2. The van der Waals surface area contributed by atoms with E-state index in [0.29, 0.717) is 0 Å². The van der Waals surface area contributed by atoms with E-state index in [1.54, 1.807) is 0 Å². The van der Waals surface area contributed by atoms with E-state index in [1.165, 1.54) is 64.6 Å². The Hall–Kier alpha value is 0.270. The zero-order chi connectivity index (χ0) is 12.8. The lowest BCUT2D eigenvalue weighted by atomic mass is 10.1. The van der Waals surface area contributed by atoms with Gasteiger partial charge in [-0.2, -0.15) is 11.8 Å². The van der Waals surface area contributed by atoms with Crippen LogP contribution in [0, 0.1) is 0 Å². The molecule has 0 aromatic heterocycles. The fourth-order valence-electron chi connectivity index (χ4n) is 3.56. The van der Waals surface area contributed by atoms with Crippen LogP contribution < -0.4 is 5.32 Å². The summed E-state index contributed by atoms with van der Waals surface area (Å²) in [5.74, 6) is 0. The van der Waals surface area contributed by atoms with E-state index in [9.17, 15) is 0 Å². The van der Waals surface area contributed by atoms with Gasteiger partial charge in [-0.05, 0) is 64.4 Å². The Morgan fingerprint density at radius 2 is 2.00 bits per heavy atom. The Balaban J connectivity index is 1.76. The Kier molecular flexibility index (Phi) is 6.33. The smallest absolute Gasteiger partial charge is 0.0198 e. The van der Waals surface area contributed by atoms with Crippen molar-refractivity contribution < 1.29 is 0 Å². The van der Waals surface area contributed by atoms with Gasteiger partial charge in [0.25, 0.3) is 0 Å². The molecule has 1 aliphatic heterocycles. The van der Waals surface area contributed by atoms with Gasteiger partial charge in [-0.3, -0.25) is 0 Å². The van der Waals surface area contributed by atoms with Crippen molar-refractivity contribution in [2.75, 3.05) is 25.9 Å². The molecule has 0 amide bonds. The van der Waals surface area contributed by atoms with E-state index in [-0.39, 0.29) is 0 Å². The minimum Gasteiger partial charge on any atom is -0.310 e. The summed E-state index contributed by atoms with van der Waals surface area (Å²) in [7, 11) is 0. The molecular weight excluding hydrogens is 240 g/mol. The van der Waals surface area contributed by atoms with Crippen molar-refractivity contribution in [2.24, 2.45) is 0 Å². The third-order valence-electron chi connectivity index (χ3n) is 4.57. The lowest BCUT2D eigenvalue weighted by molar-refractivity contribution is 0.281. The van der Waals surface area contributed by atoms with Crippen molar-refractivity contribution in [3.63, 3.8) is 0 Å². The van der Waals surface area contributed by atoms with Crippen LogP contribution in [-0.4, -0.2) is 48.1 Å². The highest BCUT2D eigenvalue weighted by molar-refractivity contribution is 7.99. The lowest BCUT2D eigenvalue weighted by Crippen LogP contribution is -2.42. The van der Waals surface area contributed by atoms with Crippen LogP contribution in [0.3, 0.4) is 0 Å². The minimum absolute atomic E-state index is 0.782. The summed E-state index contributed by atoms with van der Waals surface area (Å²) in [5, 5.41) is 4.85. The van der Waals surface area contributed by atoms with Gasteiger partial charge < -0.3 is 10.2 Å². The molecule has 2 aliphatic rings. The lowest BCUT2D eigenvalue weighted by Gasteiger charge is -2.26. The molecule has 2 rings (SSSR count). The van der Waals surface area contributed by atoms with Crippen LogP contribution in [0.2, 0.25) is 0 Å². The first-order valence-corrected chi connectivity index (χ1v) is 9.13. The van der Waals surface area contributed by atoms with Crippen LogP contribution in [0.4, 0.5) is 0 Å². The fourth-order valence-corrected chi connectivity index (χ4v) is 4.51. The number of rotatable bonds is 5. The van der Waals surface area contributed by atoms with Gasteiger partial charge in [0.15, 0.2) is 0 Å². The Bertz CT molecular complexity index is 235. The summed E-state index contributed by atoms with van der Waals surface area (Å²) in [6, 6.07) is 1.58. The molecule has 1 aliphatic carbocycles. The summed E-state index contributed by atoms with van der Waals surface area (Å²) in [4.78, 5) is 2.66. The summed E-state index contributed by atoms with van der Waals surface area (Å²) in [5.41, 5.74) is 0. The largest absolute Gasteiger partial charge is 0.310 e. The van der Waals surface area contributed by atoms with Crippen molar-refractivity contribution in [1.82, 2.24) is 10.2 Å². The van der Waals surface area contributed by atoms with E-state index < -0.39 is 0 Å². The van der Waals surface area contributed by atoms with E-state index in [4.69, 9.17) is 0 Å². The van der Waals surface area contributed by atoms with Gasteiger partial charge in [0.2, 0.25) is 0 Å². The predicted molar refractivity (Wildman–Crippen MR) is 82.4 cm³/mol. The molecule has 3 atom stereocenters. The molecule has 2 nitrogen and oxygen atoms in total. The van der Waals surface area contributed by atoms with E-state index in [1.807, 2.05) is 0 Å². The van der Waals surface area contributed by atoms with Crippen molar-refractivity contribution in [3.8, 4) is 0 Å². The van der Waals surface area contributed by atoms with E-state index in [0.717, 1.165) is 17.3 Å². The third kappa shape index (κ3) is 4.14. The zero-order valence-corrected chi connectivity index (χ0v) is 13.0. The van der Waals surface area contributed by atoms with Crippen molar-refractivity contribution >= 4 is 11.8 Å². The predicted octanol–water partition coefficient (Wildman–Crippen LogP) is 3.12. The molecule has 0 aromatic carbocycles. The molecule has 0 aromatic rings. The number of nitrogens with one attached hydrogen (secondary N) is 1. The molecule has 1 saturated carbocycles. The van der Waals surface area contributed by atoms with E-state index in [2.05, 4.69) is 35.2 Å². The third-order valence-corrected chi connectivity index (χ3v) is 5.74. The van der Waals surface area contributed by atoms with Crippen LogP contribution in [0.25, 0.3) is 0 Å². The first-order valence-electron chi connectivity index (χ1n) is 7.84. The second-order valence-electron chi connectivity index (χ2n) is 5.95. The van der Waals surface area contributed by atoms with Gasteiger partial charge in [0.1, 0.15) is 0 Å². The zero-order valence-electron chi connectivity index (χ0n) is 12.2. The van der Waals surface area contributed by atoms with Crippen LogP contribution in [-0.2, 0) is 0 Å². The number of thioether (sulfide) groups is 1. The van der Waals surface area contributed by atoms with Gasteiger partial charge in [0.05, 0.1) is 0 Å². The van der Waals surface area contributed by atoms with E-state index >= 15 is 0 Å². The first kappa shape index (κ1) is 14.7. The number of hydrogen-bond donors (Lipinski definition) is 1. The molecule has 1 heterocycles. The fraction of sp³-hybridized carbons (Fsp3) is 1.00. The average Bonchev–Trinajstić information content (AvgIpc) is 2.71. The standard InChI is InChI=1S/C15H30N2S/c1-3-10-17-11-5-6-13(9-12-17)16-14-7-4-8-15(14)18-2/h13-16H,3-12H2,1-2H3. The highest BCUT2D eigenvalue weighted by Crippen LogP contribution is 2.29. The summed E-state index contributed by atoms with van der Waals surface area (Å²) < 4.78 is 0. The van der Waals surface area contributed by atoms with Crippen molar-refractivity contribution in [3.05, 3.63) is 0 Å². The van der Waals surface area contributed by atoms with Crippen LogP contribution in [0.15, 0.2) is 0 Å². The molecule has 0 bridgehead atoms. The topological polar surface area (TPSA) is 15.3 Å². The maximum Gasteiger partial charge on any atom is 0.0198 e. The number of nitrogens with zero attached hydrogens (tertiary/aromatic N) is 1. The summed E-state index contributed by atoms with van der Waals surface area (Å²) in [6.45, 7) is 6.22. The second kappa shape index (κ2) is 7.76. The van der Waals surface area contributed by atoms with Gasteiger partial charge >= 0.3 is 0 Å². The monoisotopic (exact) mass is 270 g/mol. The van der Waals surface area contributed by atoms with Gasteiger partial charge in [-0.25, -0.2) is 0 Å². The SMILES string of the molecule is CCCN1CCCC(NC2CCCC2SC)CC1. The maximum absolute atomic E-state index is 3.97. The van der Waals surface area contributed by atoms with Crippen molar-refractivity contribution in [2.45, 2.75) is 69.2 Å². The summed E-state index contributed by atoms with van der Waals surface area (Å²) >= 11 is 2.07. The first-order chi connectivity index (χ1) is 8.83. The van der Waals surface area contributed by atoms with Gasteiger partial charge in [0, 0.05) is 17.3 Å². The maximum atomic E-state index is 3.97. The molecule has 1 N–H and O–H groups in total. The van der Waals surface area contributed by atoms with Crippen LogP contribution in [0.5, 0.6) is 0 Å². The normalized spacial score (nSPS) is 34.7. The van der Waals surface area contributed by atoms with Crippen LogP contribution in [0.1, 0.15) is 51.9 Å². The molecule has 3 unspecified atom stereocenters. The number of likely N-dealkylation sites (tertiary alicyclic amines) is 1. The Morgan fingerprint density at radius 1 is 1.11 bits per heavy atom. The van der Waals surface area contributed by atoms with Gasteiger partial charge in [-0.15, -0.1) is 0 Å². The number of hydrogen-bond acceptors (Lipinski definition) is 3. The van der Waals surface area contributed by atoms with Crippen LogP contribution >= 0.6 is 11.8 Å². The molecule has 2 fully saturated rings.